The van der Waals surface area contributed by atoms with Gasteiger partial charge in [-0.1, -0.05) is 46.0 Å². The van der Waals surface area contributed by atoms with Crippen molar-refractivity contribution in [2.45, 2.75) is 19.8 Å². The van der Waals surface area contributed by atoms with E-state index < -0.39 is 0 Å². The Morgan fingerprint density at radius 2 is 2.24 bits per heavy atom. The molecule has 25 heavy (non-hydrogen) atoms. The Hall–Kier alpha value is -1.38. The summed E-state index contributed by atoms with van der Waals surface area (Å²) >= 11 is 9.78. The highest BCUT2D eigenvalue weighted by Crippen LogP contribution is 2.28. The topological polar surface area (TPSA) is 61.4 Å². The van der Waals surface area contributed by atoms with Crippen LogP contribution < -0.4 is 10.6 Å². The molecule has 134 valence electrons. The lowest BCUT2D eigenvalue weighted by Gasteiger charge is -2.17. The van der Waals surface area contributed by atoms with Crippen LogP contribution >= 0.6 is 39.9 Å². The van der Waals surface area contributed by atoms with E-state index in [1.54, 1.807) is 11.9 Å². The van der Waals surface area contributed by atoms with Crippen molar-refractivity contribution in [2.24, 2.45) is 0 Å². The molecule has 2 N–H and O–H groups in total. The molecule has 0 atom stereocenters. The number of halogens is 1. The average molecular weight is 442 g/mol. The van der Waals surface area contributed by atoms with Crippen LogP contribution in [0.25, 0.3) is 6.08 Å². The number of urea groups is 1. The highest BCUT2D eigenvalue weighted by molar-refractivity contribution is 9.10. The average Bonchev–Trinajstić information content (AvgIpc) is 2.87. The molecule has 1 fully saturated rings. The number of carbonyl (C=O) groups excluding carboxylic acids is 2. The molecule has 0 bridgehead atoms. The van der Waals surface area contributed by atoms with Gasteiger partial charge in [0.05, 0.1) is 4.91 Å². The Bertz CT molecular complexity index is 722. The minimum absolute atomic E-state index is 0.0619. The number of nitrogens with zero attached hydrogens (tertiary/aromatic N) is 1. The monoisotopic (exact) mass is 441 g/mol. The third-order valence-corrected chi connectivity index (χ3v) is 5.31. The second-order valence-electron chi connectivity index (χ2n) is 5.56. The molecule has 0 spiro atoms. The molecule has 1 heterocycles. The summed E-state index contributed by atoms with van der Waals surface area (Å²) in [6.07, 6.45) is 3.52. The van der Waals surface area contributed by atoms with E-state index in [9.17, 15) is 9.59 Å². The number of thioether (sulfide) groups is 1. The van der Waals surface area contributed by atoms with E-state index in [1.807, 2.05) is 31.2 Å². The molecular weight excluding hydrogens is 422 g/mol. The van der Waals surface area contributed by atoms with Crippen LogP contribution in [-0.2, 0) is 11.2 Å². The molecule has 0 saturated carbocycles. The summed E-state index contributed by atoms with van der Waals surface area (Å²) in [5.41, 5.74) is 2.11. The lowest BCUT2D eigenvalue weighted by Crippen LogP contribution is -2.37. The summed E-state index contributed by atoms with van der Waals surface area (Å²) in [5, 5.41) is 5.41. The van der Waals surface area contributed by atoms with Gasteiger partial charge in [0.2, 0.25) is 0 Å². The molecule has 1 aromatic rings. The highest BCUT2D eigenvalue weighted by Gasteiger charge is 2.22. The fourth-order valence-corrected chi connectivity index (χ4v) is 3.80. The largest absolute Gasteiger partial charge is 0.338 e. The Kier molecular flexibility index (Phi) is 7.46. The minimum atomic E-state index is -0.156. The minimum Gasteiger partial charge on any atom is -0.338 e. The van der Waals surface area contributed by atoms with E-state index in [4.69, 9.17) is 12.2 Å². The molecule has 8 heteroatoms. The van der Waals surface area contributed by atoms with Gasteiger partial charge in [-0.05, 0) is 49.1 Å². The molecule has 1 aromatic carbocycles. The third kappa shape index (κ3) is 5.83. The summed E-state index contributed by atoms with van der Waals surface area (Å²) < 4.78 is 1.44. The van der Waals surface area contributed by atoms with Crippen LogP contribution in [-0.4, -0.2) is 41.3 Å². The van der Waals surface area contributed by atoms with E-state index in [1.165, 1.54) is 11.8 Å². The van der Waals surface area contributed by atoms with Gasteiger partial charge in [0, 0.05) is 24.6 Å². The van der Waals surface area contributed by atoms with Crippen LogP contribution in [0.1, 0.15) is 24.5 Å². The maximum atomic E-state index is 11.9. The number of rotatable bonds is 6. The number of benzene rings is 1. The van der Waals surface area contributed by atoms with Crippen LogP contribution in [0, 0.1) is 0 Å². The maximum absolute atomic E-state index is 11.9. The number of aryl methyl sites for hydroxylation is 1. The van der Waals surface area contributed by atoms with Crippen molar-refractivity contribution in [3.8, 4) is 0 Å². The van der Waals surface area contributed by atoms with E-state index in [-0.39, 0.29) is 11.9 Å². The van der Waals surface area contributed by atoms with Gasteiger partial charge >= 0.3 is 6.03 Å². The molecule has 0 radical (unpaired) electrons. The van der Waals surface area contributed by atoms with E-state index in [0.717, 1.165) is 28.4 Å². The Morgan fingerprint density at radius 1 is 1.48 bits per heavy atom. The number of carbonyl (C=O) groups is 2. The van der Waals surface area contributed by atoms with Crippen LogP contribution in [0.4, 0.5) is 4.79 Å². The van der Waals surface area contributed by atoms with E-state index >= 15 is 0 Å². The Labute approximate surface area is 165 Å². The normalized spacial score (nSPS) is 15.4. The molecule has 5 nitrogen and oxygen atoms in total. The van der Waals surface area contributed by atoms with Gasteiger partial charge in [-0.25, -0.2) is 4.79 Å². The lowest BCUT2D eigenvalue weighted by molar-refractivity contribution is -0.115. The lowest BCUT2D eigenvalue weighted by atomic mass is 10.0. The third-order valence-electron chi connectivity index (χ3n) is 3.65. The van der Waals surface area contributed by atoms with Gasteiger partial charge in [-0.15, -0.1) is 0 Å². The number of hydrogen-bond donors (Lipinski definition) is 2. The van der Waals surface area contributed by atoms with Crippen molar-refractivity contribution >= 4 is 62.2 Å². The number of hydrogen-bond acceptors (Lipinski definition) is 4. The highest BCUT2D eigenvalue weighted by atomic mass is 79.9. The van der Waals surface area contributed by atoms with Crippen LogP contribution in [0.5, 0.6) is 0 Å². The van der Waals surface area contributed by atoms with Crippen molar-refractivity contribution in [1.29, 1.82) is 0 Å². The molecule has 0 aliphatic carbocycles. The fourth-order valence-electron chi connectivity index (χ4n) is 2.38. The zero-order valence-electron chi connectivity index (χ0n) is 14.1. The molecule has 1 aliphatic heterocycles. The zero-order valence-corrected chi connectivity index (χ0v) is 17.3. The van der Waals surface area contributed by atoms with Crippen molar-refractivity contribution in [1.82, 2.24) is 15.5 Å². The summed E-state index contributed by atoms with van der Waals surface area (Å²) in [6, 6.07) is 5.95. The quantitative estimate of drug-likeness (QED) is 0.523. The Morgan fingerprint density at radius 3 is 2.88 bits per heavy atom. The summed E-state index contributed by atoms with van der Waals surface area (Å²) in [7, 11) is 1.79. The number of thiocarbonyl (C=S) groups is 1. The molecule has 1 aliphatic rings. The second kappa shape index (κ2) is 9.35. The van der Waals surface area contributed by atoms with E-state index in [2.05, 4.69) is 26.6 Å². The number of nitrogens with one attached hydrogen (secondary N) is 2. The predicted octanol–water partition coefficient (Wildman–Crippen LogP) is 3.53. The molecule has 3 amide bonds. The van der Waals surface area contributed by atoms with Gasteiger partial charge in [0.1, 0.15) is 4.32 Å². The predicted molar refractivity (Wildman–Crippen MR) is 110 cm³/mol. The first-order valence-corrected chi connectivity index (χ1v) is 9.94. The van der Waals surface area contributed by atoms with Gasteiger partial charge in [0.15, 0.2) is 0 Å². The molecule has 0 unspecified atom stereocenters. The molecule has 0 aromatic heterocycles. The number of amides is 3. The van der Waals surface area contributed by atoms with Crippen LogP contribution in [0.3, 0.4) is 0 Å². The smallest absolute Gasteiger partial charge is 0.317 e. The van der Waals surface area contributed by atoms with Gasteiger partial charge in [-0.3, -0.25) is 4.79 Å². The SMILES string of the molecule is CCNC(=O)N(C)CCCc1ccc(Br)cc1C=C1SC(=S)NC1=O. The zero-order chi connectivity index (χ0) is 18.4. The second-order valence-corrected chi connectivity index (χ2v) is 8.19. The van der Waals surface area contributed by atoms with Crippen LogP contribution in [0.2, 0.25) is 0 Å². The fraction of sp³-hybridized carbons (Fsp3) is 0.353. The van der Waals surface area contributed by atoms with Gasteiger partial charge in [0.25, 0.3) is 5.91 Å². The first-order valence-electron chi connectivity index (χ1n) is 7.93. The maximum Gasteiger partial charge on any atom is 0.317 e. The summed E-state index contributed by atoms with van der Waals surface area (Å²) in [4.78, 5) is 25.9. The van der Waals surface area contributed by atoms with Crippen molar-refractivity contribution < 1.29 is 9.59 Å². The standard InChI is InChI=1S/C17H20BrN3O2S2/c1-3-19-16(23)21(2)8-4-5-11-6-7-13(18)9-12(11)10-14-15(22)20-17(24)25-14/h6-7,9-10H,3-5,8H2,1-2H3,(H,19,23)(H,20,22,24). The Balaban J connectivity index is 2.06. The van der Waals surface area contributed by atoms with E-state index in [0.29, 0.717) is 22.3 Å². The summed E-state index contributed by atoms with van der Waals surface area (Å²) in [6.45, 7) is 3.18. The van der Waals surface area contributed by atoms with Crippen molar-refractivity contribution in [3.05, 3.63) is 38.7 Å². The molecular formula is C17H20BrN3O2S2. The van der Waals surface area contributed by atoms with Crippen LogP contribution in [0.15, 0.2) is 27.6 Å². The van der Waals surface area contributed by atoms with Gasteiger partial charge in [-0.2, -0.15) is 0 Å². The summed E-state index contributed by atoms with van der Waals surface area (Å²) in [5.74, 6) is -0.156. The first kappa shape index (κ1) is 19.9. The van der Waals surface area contributed by atoms with Crippen molar-refractivity contribution in [3.63, 3.8) is 0 Å². The first-order chi connectivity index (χ1) is 11.9. The molecule has 1 saturated heterocycles. The molecule has 2 rings (SSSR count). The van der Waals surface area contributed by atoms with Gasteiger partial charge < -0.3 is 15.5 Å². The van der Waals surface area contributed by atoms with Crippen molar-refractivity contribution in [2.75, 3.05) is 20.1 Å².